The van der Waals surface area contributed by atoms with Gasteiger partial charge >= 0.3 is 12.1 Å². The van der Waals surface area contributed by atoms with Crippen molar-refractivity contribution in [2.75, 3.05) is 6.54 Å². The van der Waals surface area contributed by atoms with Crippen LogP contribution >= 0.6 is 0 Å². The van der Waals surface area contributed by atoms with Gasteiger partial charge in [0.1, 0.15) is 6.54 Å². The molecule has 1 aromatic heterocycles. The van der Waals surface area contributed by atoms with Crippen molar-refractivity contribution in [2.24, 2.45) is 7.05 Å². The van der Waals surface area contributed by atoms with E-state index in [9.17, 15) is 22.8 Å². The standard InChI is InChI=1S/C15H14F3N3O3/c1-20-8-11(6-19-20)14(24)21(9-13(22)23)7-10-2-4-12(5-3-10)15(16,17)18/h2-6,8H,7,9H2,1H3,(H,22,23). The van der Waals surface area contributed by atoms with Gasteiger partial charge in [0.05, 0.1) is 17.3 Å². The van der Waals surface area contributed by atoms with Crippen molar-refractivity contribution >= 4 is 11.9 Å². The van der Waals surface area contributed by atoms with Crippen LogP contribution in [-0.2, 0) is 24.6 Å². The first-order valence-electron chi connectivity index (χ1n) is 6.82. The number of aromatic nitrogens is 2. The van der Waals surface area contributed by atoms with Crippen LogP contribution < -0.4 is 0 Å². The number of carboxylic acid groups (broad SMARTS) is 1. The molecule has 0 atom stereocenters. The number of carbonyl (C=O) groups is 2. The van der Waals surface area contributed by atoms with E-state index in [1.165, 1.54) is 29.2 Å². The molecule has 2 aromatic rings. The van der Waals surface area contributed by atoms with Gasteiger partial charge in [0.15, 0.2) is 0 Å². The predicted octanol–water partition coefficient (Wildman–Crippen LogP) is 2.17. The minimum atomic E-state index is -4.45. The van der Waals surface area contributed by atoms with E-state index in [0.29, 0.717) is 5.56 Å². The summed E-state index contributed by atoms with van der Waals surface area (Å²) in [6.45, 7) is -0.701. The Hall–Kier alpha value is -2.84. The van der Waals surface area contributed by atoms with Gasteiger partial charge < -0.3 is 10.0 Å². The Morgan fingerprint density at radius 2 is 1.88 bits per heavy atom. The summed E-state index contributed by atoms with van der Waals surface area (Å²) in [4.78, 5) is 24.3. The van der Waals surface area contributed by atoms with Crippen LogP contribution in [0.15, 0.2) is 36.7 Å². The first kappa shape index (κ1) is 17.5. The van der Waals surface area contributed by atoms with E-state index in [4.69, 9.17) is 5.11 Å². The lowest BCUT2D eigenvalue weighted by atomic mass is 10.1. The molecule has 1 aromatic carbocycles. The number of halogens is 3. The van der Waals surface area contributed by atoms with Gasteiger partial charge in [-0.1, -0.05) is 12.1 Å². The molecule has 2 rings (SSSR count). The lowest BCUT2D eigenvalue weighted by Gasteiger charge is -2.20. The third-order valence-corrected chi connectivity index (χ3v) is 3.22. The summed E-state index contributed by atoms with van der Waals surface area (Å²) >= 11 is 0. The summed E-state index contributed by atoms with van der Waals surface area (Å²) in [5.74, 6) is -1.79. The monoisotopic (exact) mass is 341 g/mol. The topological polar surface area (TPSA) is 75.4 Å². The maximum Gasteiger partial charge on any atom is 0.416 e. The van der Waals surface area contributed by atoms with Crippen LogP contribution in [0.5, 0.6) is 0 Å². The Bertz CT molecular complexity index is 738. The van der Waals surface area contributed by atoms with Crippen molar-refractivity contribution in [3.8, 4) is 0 Å². The van der Waals surface area contributed by atoms with Crippen molar-refractivity contribution in [2.45, 2.75) is 12.7 Å². The Balaban J connectivity index is 2.19. The molecule has 0 aliphatic heterocycles. The first-order valence-corrected chi connectivity index (χ1v) is 6.82. The number of aryl methyl sites for hydroxylation is 1. The highest BCUT2D eigenvalue weighted by molar-refractivity contribution is 5.95. The maximum absolute atomic E-state index is 12.6. The van der Waals surface area contributed by atoms with E-state index < -0.39 is 30.2 Å². The summed E-state index contributed by atoms with van der Waals surface area (Å²) in [5.41, 5.74) is -0.221. The van der Waals surface area contributed by atoms with Crippen molar-refractivity contribution < 1.29 is 27.9 Å². The van der Waals surface area contributed by atoms with Crippen LogP contribution in [0.1, 0.15) is 21.5 Å². The summed E-state index contributed by atoms with van der Waals surface area (Å²) < 4.78 is 39.1. The molecule has 6 nitrogen and oxygen atoms in total. The lowest BCUT2D eigenvalue weighted by Crippen LogP contribution is -2.35. The van der Waals surface area contributed by atoms with E-state index in [2.05, 4.69) is 5.10 Å². The van der Waals surface area contributed by atoms with Gasteiger partial charge in [0, 0.05) is 19.8 Å². The van der Waals surface area contributed by atoms with Crippen LogP contribution in [0.25, 0.3) is 0 Å². The number of carboxylic acids is 1. The second-order valence-corrected chi connectivity index (χ2v) is 5.15. The molecular weight excluding hydrogens is 327 g/mol. The van der Waals surface area contributed by atoms with Gasteiger partial charge in [-0.2, -0.15) is 18.3 Å². The fourth-order valence-electron chi connectivity index (χ4n) is 2.10. The van der Waals surface area contributed by atoms with E-state index >= 15 is 0 Å². The molecule has 24 heavy (non-hydrogen) atoms. The van der Waals surface area contributed by atoms with Gasteiger partial charge in [-0.15, -0.1) is 0 Å². The number of benzene rings is 1. The maximum atomic E-state index is 12.6. The highest BCUT2D eigenvalue weighted by Gasteiger charge is 2.30. The molecule has 1 heterocycles. The number of aliphatic carboxylic acids is 1. The van der Waals surface area contributed by atoms with Crippen LogP contribution in [0, 0.1) is 0 Å². The first-order chi connectivity index (χ1) is 11.2. The minimum absolute atomic E-state index is 0.127. The second-order valence-electron chi connectivity index (χ2n) is 5.15. The van der Waals surface area contributed by atoms with E-state index in [1.54, 1.807) is 7.05 Å². The molecule has 0 saturated carbocycles. The largest absolute Gasteiger partial charge is 0.480 e. The lowest BCUT2D eigenvalue weighted by molar-refractivity contribution is -0.138. The molecule has 9 heteroatoms. The number of amides is 1. The third kappa shape index (κ3) is 4.34. The van der Waals surface area contributed by atoms with E-state index in [-0.39, 0.29) is 12.1 Å². The van der Waals surface area contributed by atoms with Gasteiger partial charge in [-0.25, -0.2) is 0 Å². The molecule has 0 unspecified atom stereocenters. The van der Waals surface area contributed by atoms with Crippen LogP contribution in [0.4, 0.5) is 13.2 Å². The number of hydrogen-bond donors (Lipinski definition) is 1. The second kappa shape index (κ2) is 6.73. The Kier molecular flexibility index (Phi) is 4.91. The summed E-state index contributed by atoms with van der Waals surface area (Å²) in [6, 6.07) is 4.22. The van der Waals surface area contributed by atoms with Gasteiger partial charge in [-0.05, 0) is 17.7 Å². The van der Waals surface area contributed by atoms with Crippen LogP contribution in [0.2, 0.25) is 0 Å². The smallest absolute Gasteiger partial charge is 0.416 e. The molecule has 0 fully saturated rings. The zero-order valence-electron chi connectivity index (χ0n) is 12.6. The molecule has 1 N–H and O–H groups in total. The van der Waals surface area contributed by atoms with Crippen LogP contribution in [-0.4, -0.2) is 38.2 Å². The molecule has 0 spiro atoms. The average molecular weight is 341 g/mol. The van der Waals surface area contributed by atoms with Crippen molar-refractivity contribution in [1.82, 2.24) is 14.7 Å². The average Bonchev–Trinajstić information content (AvgIpc) is 2.91. The highest BCUT2D eigenvalue weighted by Crippen LogP contribution is 2.29. The number of nitrogens with zero attached hydrogens (tertiary/aromatic N) is 3. The fraction of sp³-hybridized carbons (Fsp3) is 0.267. The zero-order valence-corrected chi connectivity index (χ0v) is 12.6. The molecule has 0 bridgehead atoms. The summed E-state index contributed by atoms with van der Waals surface area (Å²) in [5, 5.41) is 12.8. The fourth-order valence-corrected chi connectivity index (χ4v) is 2.10. The van der Waals surface area contributed by atoms with Gasteiger partial charge in [0.2, 0.25) is 0 Å². The van der Waals surface area contributed by atoms with Gasteiger partial charge in [0.25, 0.3) is 5.91 Å². The molecule has 0 saturated heterocycles. The number of hydrogen-bond acceptors (Lipinski definition) is 3. The minimum Gasteiger partial charge on any atom is -0.480 e. The molecular formula is C15H14F3N3O3. The third-order valence-electron chi connectivity index (χ3n) is 3.22. The Morgan fingerprint density at radius 3 is 2.33 bits per heavy atom. The SMILES string of the molecule is Cn1cc(C(=O)N(CC(=O)O)Cc2ccc(C(F)(F)F)cc2)cn1. The molecule has 128 valence electrons. The highest BCUT2D eigenvalue weighted by atomic mass is 19.4. The van der Waals surface area contributed by atoms with Crippen molar-refractivity contribution in [1.29, 1.82) is 0 Å². The molecule has 0 aliphatic carbocycles. The Labute approximate surface area is 135 Å². The van der Waals surface area contributed by atoms with Crippen molar-refractivity contribution in [3.63, 3.8) is 0 Å². The van der Waals surface area contributed by atoms with Crippen LogP contribution in [0.3, 0.4) is 0 Å². The molecule has 1 amide bonds. The summed E-state index contributed by atoms with van der Waals surface area (Å²) in [7, 11) is 1.61. The van der Waals surface area contributed by atoms with E-state index in [0.717, 1.165) is 17.0 Å². The van der Waals surface area contributed by atoms with Gasteiger partial charge in [-0.3, -0.25) is 14.3 Å². The predicted molar refractivity (Wildman–Crippen MR) is 77.0 cm³/mol. The van der Waals surface area contributed by atoms with E-state index in [1.807, 2.05) is 0 Å². The Morgan fingerprint density at radius 1 is 1.25 bits per heavy atom. The number of carbonyl (C=O) groups excluding carboxylic acids is 1. The summed E-state index contributed by atoms with van der Waals surface area (Å²) in [6.07, 6.45) is -1.72. The normalized spacial score (nSPS) is 11.3. The quantitative estimate of drug-likeness (QED) is 0.904. The molecule has 0 aliphatic rings. The molecule has 0 radical (unpaired) electrons. The van der Waals surface area contributed by atoms with Crippen molar-refractivity contribution in [3.05, 3.63) is 53.3 Å². The number of rotatable bonds is 5. The zero-order chi connectivity index (χ0) is 17.9. The number of alkyl halides is 3.